The van der Waals surface area contributed by atoms with Crippen molar-refractivity contribution in [1.82, 2.24) is 15.2 Å². The minimum Gasteiger partial charge on any atom is -0.459 e. The van der Waals surface area contributed by atoms with Crippen LogP contribution in [0.5, 0.6) is 0 Å². The van der Waals surface area contributed by atoms with E-state index in [-0.39, 0.29) is 17.9 Å². The molecule has 0 amide bonds. The Morgan fingerprint density at radius 3 is 2.59 bits per heavy atom. The summed E-state index contributed by atoms with van der Waals surface area (Å²) >= 11 is 9.16. The number of benzene rings is 2. The maximum atomic E-state index is 13.6. The number of nitrogens with zero attached hydrogens (tertiary/aromatic N) is 2. The van der Waals surface area contributed by atoms with Gasteiger partial charge in [-0.1, -0.05) is 36.4 Å². The second-order valence-electron chi connectivity index (χ2n) is 7.57. The summed E-state index contributed by atoms with van der Waals surface area (Å²) in [6.45, 7) is 0.636. The van der Waals surface area contributed by atoms with Gasteiger partial charge in [0.2, 0.25) is 0 Å². The van der Waals surface area contributed by atoms with Crippen molar-refractivity contribution in [3.05, 3.63) is 112 Å². The molecule has 7 heteroatoms. The Kier molecular flexibility index (Phi) is 5.76. The summed E-state index contributed by atoms with van der Waals surface area (Å²) in [5.74, 6) is 1.11. The van der Waals surface area contributed by atoms with E-state index in [0.29, 0.717) is 21.9 Å². The molecule has 32 heavy (non-hydrogen) atoms. The van der Waals surface area contributed by atoms with E-state index in [1.165, 1.54) is 12.1 Å². The molecule has 2 aromatic heterocycles. The Balaban J connectivity index is 1.55. The Labute approximate surface area is 199 Å². The molecule has 0 unspecified atom stereocenters. The van der Waals surface area contributed by atoms with Crippen molar-refractivity contribution in [2.45, 2.75) is 18.6 Å². The maximum Gasteiger partial charge on any atom is 0.170 e. The second-order valence-corrected chi connectivity index (χ2v) is 8.81. The number of rotatable bonds is 5. The highest BCUT2D eigenvalue weighted by molar-refractivity contribution is 9.10. The van der Waals surface area contributed by atoms with Crippen LogP contribution in [-0.4, -0.2) is 15.0 Å². The molecule has 0 radical (unpaired) electrons. The van der Waals surface area contributed by atoms with Crippen LogP contribution in [0.25, 0.3) is 11.3 Å². The van der Waals surface area contributed by atoms with Gasteiger partial charge in [-0.3, -0.25) is 4.98 Å². The fourth-order valence-electron chi connectivity index (χ4n) is 4.01. The van der Waals surface area contributed by atoms with Crippen molar-refractivity contribution < 1.29 is 8.81 Å². The van der Waals surface area contributed by atoms with Gasteiger partial charge in [0.25, 0.3) is 0 Å². The average Bonchev–Trinajstić information content (AvgIpc) is 3.40. The normalized spacial score (nSPS) is 18.1. The van der Waals surface area contributed by atoms with Crippen LogP contribution < -0.4 is 5.32 Å². The third kappa shape index (κ3) is 4.06. The zero-order chi connectivity index (χ0) is 22.1. The zero-order valence-corrected chi connectivity index (χ0v) is 19.3. The lowest BCUT2D eigenvalue weighted by Crippen LogP contribution is -2.29. The van der Waals surface area contributed by atoms with Crippen LogP contribution in [-0.2, 0) is 6.54 Å². The van der Waals surface area contributed by atoms with E-state index in [0.717, 1.165) is 22.6 Å². The molecule has 0 bridgehead atoms. The average molecular weight is 508 g/mol. The number of hydrogen-bond donors (Lipinski definition) is 1. The quantitative estimate of drug-likeness (QED) is 0.316. The first-order valence-corrected chi connectivity index (χ1v) is 11.4. The Hall–Kier alpha value is -3.03. The molecule has 1 saturated heterocycles. The van der Waals surface area contributed by atoms with Crippen LogP contribution in [0.2, 0.25) is 0 Å². The topological polar surface area (TPSA) is 41.3 Å². The number of aromatic nitrogens is 1. The predicted molar refractivity (Wildman–Crippen MR) is 129 cm³/mol. The van der Waals surface area contributed by atoms with E-state index in [4.69, 9.17) is 16.6 Å². The van der Waals surface area contributed by atoms with E-state index < -0.39 is 0 Å². The smallest absolute Gasteiger partial charge is 0.170 e. The summed E-state index contributed by atoms with van der Waals surface area (Å²) < 4.78 is 20.5. The summed E-state index contributed by atoms with van der Waals surface area (Å²) in [7, 11) is 0. The lowest BCUT2D eigenvalue weighted by Gasteiger charge is -2.26. The molecular weight excluding hydrogens is 489 g/mol. The van der Waals surface area contributed by atoms with Gasteiger partial charge in [0.05, 0.1) is 11.7 Å². The maximum absolute atomic E-state index is 13.6. The Morgan fingerprint density at radius 2 is 1.84 bits per heavy atom. The zero-order valence-electron chi connectivity index (χ0n) is 16.9. The molecular formula is C25H19BrFN3OS. The molecule has 1 aliphatic rings. The van der Waals surface area contributed by atoms with Gasteiger partial charge in [0.1, 0.15) is 23.4 Å². The van der Waals surface area contributed by atoms with E-state index in [1.807, 2.05) is 48.5 Å². The van der Waals surface area contributed by atoms with Crippen LogP contribution in [0.4, 0.5) is 4.39 Å². The summed E-state index contributed by atoms with van der Waals surface area (Å²) in [4.78, 5) is 6.69. The lowest BCUT2D eigenvalue weighted by atomic mass is 10.0. The van der Waals surface area contributed by atoms with Crippen molar-refractivity contribution in [1.29, 1.82) is 0 Å². The highest BCUT2D eigenvalue weighted by Crippen LogP contribution is 2.42. The molecule has 0 spiro atoms. The highest BCUT2D eigenvalue weighted by atomic mass is 79.9. The number of thiocarbonyl (C=S) groups is 1. The molecule has 3 heterocycles. The molecule has 0 aliphatic carbocycles. The minimum absolute atomic E-state index is 0.164. The van der Waals surface area contributed by atoms with Crippen LogP contribution in [0.3, 0.4) is 0 Å². The molecule has 2 aromatic carbocycles. The molecule has 5 rings (SSSR count). The third-order valence-corrected chi connectivity index (χ3v) is 6.52. The number of nitrogens with one attached hydrogen (secondary N) is 1. The van der Waals surface area contributed by atoms with Crippen LogP contribution in [0, 0.1) is 5.82 Å². The fourth-order valence-corrected chi connectivity index (χ4v) is 4.86. The highest BCUT2D eigenvalue weighted by Gasteiger charge is 2.41. The number of pyridine rings is 1. The van der Waals surface area contributed by atoms with Gasteiger partial charge in [-0.15, -0.1) is 0 Å². The molecule has 1 aliphatic heterocycles. The van der Waals surface area contributed by atoms with Gasteiger partial charge in [0.15, 0.2) is 5.11 Å². The summed E-state index contributed by atoms with van der Waals surface area (Å²) in [6.07, 6.45) is 1.78. The van der Waals surface area contributed by atoms with E-state index in [1.54, 1.807) is 12.3 Å². The van der Waals surface area contributed by atoms with E-state index in [9.17, 15) is 4.39 Å². The van der Waals surface area contributed by atoms with Crippen molar-refractivity contribution in [3.8, 4) is 11.3 Å². The summed E-state index contributed by atoms with van der Waals surface area (Å²) in [5, 5.41) is 4.08. The van der Waals surface area contributed by atoms with Crippen LogP contribution in [0.15, 0.2) is 93.9 Å². The first-order chi connectivity index (χ1) is 15.6. The number of furan rings is 1. The van der Waals surface area contributed by atoms with Crippen molar-refractivity contribution in [3.63, 3.8) is 0 Å². The first-order valence-electron chi connectivity index (χ1n) is 10.2. The number of hydrogen-bond acceptors (Lipinski definition) is 3. The molecule has 160 valence electrons. The van der Waals surface area contributed by atoms with Gasteiger partial charge < -0.3 is 14.6 Å². The lowest BCUT2D eigenvalue weighted by molar-refractivity contribution is 0.269. The SMILES string of the molecule is Fc1ccc(-c2ccc([C@H]3[C@@H](c4ccccn4)NC(=S)N3Cc3ccccc3)o2)c(Br)c1. The third-order valence-electron chi connectivity index (χ3n) is 5.51. The molecule has 1 fully saturated rings. The van der Waals surface area contributed by atoms with Crippen LogP contribution in [0.1, 0.15) is 29.1 Å². The van der Waals surface area contributed by atoms with Gasteiger partial charge >= 0.3 is 0 Å². The standard InChI is InChI=1S/C25H19BrFN3OS/c26-19-14-17(27)9-10-18(19)21-11-12-22(31-21)24-23(20-8-4-5-13-28-20)29-25(32)30(24)15-16-6-2-1-3-7-16/h1-14,23-24H,15H2,(H,29,32)/t23-,24+/m1/s1. The van der Waals surface area contributed by atoms with Gasteiger partial charge in [-0.25, -0.2) is 4.39 Å². The first kappa shape index (κ1) is 20.8. The van der Waals surface area contributed by atoms with E-state index >= 15 is 0 Å². The molecule has 1 N–H and O–H groups in total. The molecule has 2 atom stereocenters. The van der Waals surface area contributed by atoms with Crippen LogP contribution >= 0.6 is 28.1 Å². The second kappa shape index (κ2) is 8.84. The number of halogens is 2. The van der Waals surface area contributed by atoms with Crippen molar-refractivity contribution in [2.24, 2.45) is 0 Å². The van der Waals surface area contributed by atoms with Crippen molar-refractivity contribution >= 4 is 33.3 Å². The molecule has 4 nitrogen and oxygen atoms in total. The Bertz CT molecular complexity index is 1250. The predicted octanol–water partition coefficient (Wildman–Crippen LogP) is 6.42. The van der Waals surface area contributed by atoms with Gasteiger partial charge in [-0.2, -0.15) is 0 Å². The molecule has 0 saturated carbocycles. The van der Waals surface area contributed by atoms with Crippen molar-refractivity contribution in [2.75, 3.05) is 0 Å². The largest absolute Gasteiger partial charge is 0.459 e. The fraction of sp³-hybridized carbons (Fsp3) is 0.120. The molecule has 4 aromatic rings. The minimum atomic E-state index is -0.304. The summed E-state index contributed by atoms with van der Waals surface area (Å²) in [5.41, 5.74) is 2.82. The summed E-state index contributed by atoms with van der Waals surface area (Å²) in [6, 6.07) is 24.1. The van der Waals surface area contributed by atoms with Gasteiger partial charge in [-0.05, 0) is 76.2 Å². The van der Waals surface area contributed by atoms with Gasteiger partial charge in [0, 0.05) is 22.8 Å². The monoisotopic (exact) mass is 507 g/mol. The Morgan fingerprint density at radius 1 is 1.03 bits per heavy atom. The van der Waals surface area contributed by atoms with E-state index in [2.05, 4.69) is 43.3 Å².